The van der Waals surface area contributed by atoms with Gasteiger partial charge in [-0.1, -0.05) is 30.3 Å². The van der Waals surface area contributed by atoms with E-state index in [1.54, 1.807) is 21.3 Å². The summed E-state index contributed by atoms with van der Waals surface area (Å²) in [7, 11) is 4.86. The molecular weight excluding hydrogens is 410 g/mol. The number of benzene rings is 2. The number of aromatic nitrogens is 4. The first kappa shape index (κ1) is 19.9. The topological polar surface area (TPSA) is 83.5 Å². The van der Waals surface area contributed by atoms with Gasteiger partial charge in [-0.3, -0.25) is 13.9 Å². The molecule has 2 aromatic heterocycles. The van der Waals surface area contributed by atoms with Crippen LogP contribution in [0.3, 0.4) is 0 Å². The molecule has 0 unspecified atom stereocenters. The highest BCUT2D eigenvalue weighted by molar-refractivity contribution is 5.79. The van der Waals surface area contributed by atoms with Crippen LogP contribution >= 0.6 is 0 Å². The van der Waals surface area contributed by atoms with Crippen LogP contribution in [0.4, 0.5) is 11.6 Å². The molecule has 2 aromatic carbocycles. The number of fused-ring (bicyclic) bond motifs is 3. The van der Waals surface area contributed by atoms with Gasteiger partial charge >= 0.3 is 5.69 Å². The zero-order valence-corrected chi connectivity index (χ0v) is 18.1. The first-order valence-corrected chi connectivity index (χ1v) is 10.3. The minimum absolute atomic E-state index is 0.205. The minimum Gasteiger partial charge on any atom is -0.497 e. The molecule has 0 fully saturated rings. The SMILES string of the molecule is COc1ccc(OC)c(N2CCn3c2nc2c3c(=O)n(Cc3ccccc3)c(=O)n2C)c1. The van der Waals surface area contributed by atoms with E-state index in [-0.39, 0.29) is 12.1 Å². The molecular formula is C23H23N5O4. The van der Waals surface area contributed by atoms with Crippen molar-refractivity contribution in [3.63, 3.8) is 0 Å². The van der Waals surface area contributed by atoms with Gasteiger partial charge in [-0.2, -0.15) is 4.98 Å². The summed E-state index contributed by atoms with van der Waals surface area (Å²) in [6, 6.07) is 15.0. The molecule has 0 radical (unpaired) electrons. The van der Waals surface area contributed by atoms with Crippen LogP contribution in [0, 0.1) is 0 Å². The first-order valence-electron chi connectivity index (χ1n) is 10.3. The lowest BCUT2D eigenvalue weighted by atomic mass is 10.2. The Hall–Kier alpha value is -4.01. The third kappa shape index (κ3) is 2.96. The molecule has 0 amide bonds. The standard InChI is InChI=1S/C23H23N5O4/c1-25-20-19(21(29)28(23(25)30)14-15-7-5-4-6-8-15)27-12-11-26(22(27)24-20)17-13-16(31-2)9-10-18(17)32-3/h4-10,13H,11-12,14H2,1-3H3. The molecule has 3 heterocycles. The average molecular weight is 433 g/mol. The second-order valence-electron chi connectivity index (χ2n) is 7.64. The van der Waals surface area contributed by atoms with E-state index >= 15 is 0 Å². The second-order valence-corrected chi connectivity index (χ2v) is 7.64. The van der Waals surface area contributed by atoms with Crippen molar-refractivity contribution in [2.24, 2.45) is 7.05 Å². The third-order valence-electron chi connectivity index (χ3n) is 5.86. The van der Waals surface area contributed by atoms with Crippen molar-refractivity contribution in [1.29, 1.82) is 0 Å². The highest BCUT2D eigenvalue weighted by atomic mass is 16.5. The smallest absolute Gasteiger partial charge is 0.332 e. The molecule has 5 rings (SSSR count). The number of imidazole rings is 1. The van der Waals surface area contributed by atoms with Crippen LogP contribution in [0.5, 0.6) is 11.5 Å². The third-order valence-corrected chi connectivity index (χ3v) is 5.86. The molecule has 9 nitrogen and oxygen atoms in total. The summed E-state index contributed by atoms with van der Waals surface area (Å²) in [5, 5.41) is 0. The largest absolute Gasteiger partial charge is 0.497 e. The highest BCUT2D eigenvalue weighted by Gasteiger charge is 2.30. The number of ether oxygens (including phenoxy) is 2. The monoisotopic (exact) mass is 433 g/mol. The Morgan fingerprint density at radius 3 is 2.50 bits per heavy atom. The van der Waals surface area contributed by atoms with Gasteiger partial charge < -0.3 is 18.9 Å². The van der Waals surface area contributed by atoms with Gasteiger partial charge in [0, 0.05) is 26.2 Å². The predicted molar refractivity (Wildman–Crippen MR) is 121 cm³/mol. The van der Waals surface area contributed by atoms with Crippen LogP contribution in [0.1, 0.15) is 5.56 Å². The number of rotatable bonds is 5. The molecule has 4 aromatic rings. The molecule has 0 atom stereocenters. The fourth-order valence-electron chi connectivity index (χ4n) is 4.22. The lowest BCUT2D eigenvalue weighted by Gasteiger charge is -2.19. The molecule has 0 saturated carbocycles. The molecule has 0 spiro atoms. The maximum Gasteiger partial charge on any atom is 0.332 e. The predicted octanol–water partition coefficient (Wildman–Crippen LogP) is 2.11. The molecule has 32 heavy (non-hydrogen) atoms. The molecule has 0 bridgehead atoms. The van der Waals surface area contributed by atoms with Crippen molar-refractivity contribution < 1.29 is 9.47 Å². The summed E-state index contributed by atoms with van der Waals surface area (Å²) in [4.78, 5) is 33.1. The van der Waals surface area contributed by atoms with Crippen LogP contribution in [-0.4, -0.2) is 39.4 Å². The van der Waals surface area contributed by atoms with Gasteiger partial charge in [-0.25, -0.2) is 4.79 Å². The Balaban J connectivity index is 1.69. The average Bonchev–Trinajstić information content (AvgIpc) is 3.40. The van der Waals surface area contributed by atoms with Crippen molar-refractivity contribution in [1.82, 2.24) is 18.7 Å². The van der Waals surface area contributed by atoms with Crippen LogP contribution in [0.2, 0.25) is 0 Å². The fourth-order valence-corrected chi connectivity index (χ4v) is 4.22. The quantitative estimate of drug-likeness (QED) is 0.479. The van der Waals surface area contributed by atoms with E-state index in [0.29, 0.717) is 41.7 Å². The Labute approximate surface area is 183 Å². The summed E-state index contributed by atoms with van der Waals surface area (Å²) in [5.74, 6) is 1.95. The van der Waals surface area contributed by atoms with E-state index in [9.17, 15) is 9.59 Å². The molecule has 1 aliphatic rings. The Morgan fingerprint density at radius 2 is 1.78 bits per heavy atom. The van der Waals surface area contributed by atoms with Gasteiger partial charge in [-0.05, 0) is 17.7 Å². The number of aryl methyl sites for hydroxylation is 1. The Kier molecular flexibility index (Phi) is 4.73. The van der Waals surface area contributed by atoms with Crippen LogP contribution in [0.15, 0.2) is 58.1 Å². The van der Waals surface area contributed by atoms with Gasteiger partial charge in [0.2, 0.25) is 5.95 Å². The second kappa shape index (κ2) is 7.60. The van der Waals surface area contributed by atoms with Crippen LogP contribution in [-0.2, 0) is 20.1 Å². The molecule has 0 saturated heterocycles. The van der Waals surface area contributed by atoms with Gasteiger partial charge in [-0.15, -0.1) is 0 Å². The highest BCUT2D eigenvalue weighted by Crippen LogP contribution is 2.39. The van der Waals surface area contributed by atoms with E-state index in [1.165, 1.54) is 9.13 Å². The summed E-state index contributed by atoms with van der Waals surface area (Å²) < 4.78 is 15.5. The Morgan fingerprint density at radius 1 is 1.00 bits per heavy atom. The number of hydrogen-bond acceptors (Lipinski definition) is 6. The maximum atomic E-state index is 13.4. The lowest BCUT2D eigenvalue weighted by Crippen LogP contribution is -2.40. The summed E-state index contributed by atoms with van der Waals surface area (Å²) in [6.45, 7) is 1.38. The van der Waals surface area contributed by atoms with E-state index in [2.05, 4.69) is 0 Å². The van der Waals surface area contributed by atoms with Crippen molar-refractivity contribution in [3.05, 3.63) is 74.9 Å². The number of nitrogens with zero attached hydrogens (tertiary/aromatic N) is 5. The maximum absolute atomic E-state index is 13.4. The molecule has 9 heteroatoms. The van der Waals surface area contributed by atoms with Gasteiger partial charge in [0.05, 0.1) is 26.5 Å². The van der Waals surface area contributed by atoms with Crippen molar-refractivity contribution in [2.45, 2.75) is 13.1 Å². The van der Waals surface area contributed by atoms with E-state index in [0.717, 1.165) is 11.3 Å². The number of hydrogen-bond donors (Lipinski definition) is 0. The van der Waals surface area contributed by atoms with Gasteiger partial charge in [0.15, 0.2) is 11.2 Å². The molecule has 164 valence electrons. The number of methoxy groups -OCH3 is 2. The summed E-state index contributed by atoms with van der Waals surface area (Å²) in [6.07, 6.45) is 0. The van der Waals surface area contributed by atoms with E-state index in [1.807, 2.05) is 58.0 Å². The lowest BCUT2D eigenvalue weighted by molar-refractivity contribution is 0.403. The van der Waals surface area contributed by atoms with Crippen LogP contribution in [0.25, 0.3) is 11.2 Å². The van der Waals surface area contributed by atoms with E-state index in [4.69, 9.17) is 14.5 Å². The van der Waals surface area contributed by atoms with Crippen LogP contribution < -0.4 is 25.6 Å². The molecule has 0 aliphatic carbocycles. The Bertz CT molecular complexity index is 1440. The van der Waals surface area contributed by atoms with Gasteiger partial charge in [0.1, 0.15) is 11.5 Å². The van der Waals surface area contributed by atoms with Gasteiger partial charge in [0.25, 0.3) is 5.56 Å². The first-order chi connectivity index (χ1) is 15.5. The van der Waals surface area contributed by atoms with Crippen molar-refractivity contribution in [3.8, 4) is 11.5 Å². The molecule has 1 aliphatic heterocycles. The van der Waals surface area contributed by atoms with E-state index < -0.39 is 5.69 Å². The summed E-state index contributed by atoms with van der Waals surface area (Å²) >= 11 is 0. The molecule has 0 N–H and O–H groups in total. The normalized spacial score (nSPS) is 12.9. The zero-order valence-electron chi connectivity index (χ0n) is 18.1. The minimum atomic E-state index is -0.395. The number of anilines is 2. The fraction of sp³-hybridized carbons (Fsp3) is 0.261. The van der Waals surface area contributed by atoms with Crippen molar-refractivity contribution >= 4 is 22.8 Å². The zero-order chi connectivity index (χ0) is 22.4. The summed E-state index contributed by atoms with van der Waals surface area (Å²) in [5.41, 5.74) is 1.72. The van der Waals surface area contributed by atoms with Crippen molar-refractivity contribution in [2.75, 3.05) is 25.7 Å².